The average molecular weight is 503 g/mol. The largest absolute Gasteiger partial charge is 0.469 e. The molecule has 4 aliphatic rings. The first-order chi connectivity index (χ1) is 16.6. The molecule has 0 aliphatic carbocycles. The Labute approximate surface area is 219 Å². The summed E-state index contributed by atoms with van der Waals surface area (Å²) in [7, 11) is 0.980. The minimum Gasteiger partial charge on any atom is -0.403 e. The zero-order valence-corrected chi connectivity index (χ0v) is 24.4. The van der Waals surface area contributed by atoms with E-state index >= 15 is 0 Å². The maximum Gasteiger partial charge on any atom is 0.469 e. The van der Waals surface area contributed by atoms with Crippen LogP contribution in [0.5, 0.6) is 0 Å². The van der Waals surface area contributed by atoms with Crippen LogP contribution in [0.25, 0.3) is 0 Å². The maximum absolute atomic E-state index is 6.56. The number of nitrogens with zero attached hydrogens (tertiary/aromatic N) is 5. The summed E-state index contributed by atoms with van der Waals surface area (Å²) in [6.07, 6.45) is 2.15. The normalized spacial score (nSPS) is 29.9. The minimum atomic E-state index is -0.809. The molecule has 0 aromatic carbocycles. The van der Waals surface area contributed by atoms with Gasteiger partial charge in [-0.1, -0.05) is 0 Å². The zero-order chi connectivity index (χ0) is 26.7. The summed E-state index contributed by atoms with van der Waals surface area (Å²) in [5.41, 5.74) is -1.95. The van der Waals surface area contributed by atoms with Crippen LogP contribution in [0.1, 0.15) is 69.2 Å². The molecule has 0 saturated carbocycles. The highest BCUT2D eigenvalue weighted by Gasteiger charge is 2.69. The topological polar surface area (TPSA) is 71.4 Å². The van der Waals surface area contributed by atoms with Gasteiger partial charge in [-0.25, -0.2) is 4.99 Å². The van der Waals surface area contributed by atoms with Crippen molar-refractivity contribution < 1.29 is 18.6 Å². The summed E-state index contributed by atoms with van der Waals surface area (Å²) in [5, 5.41) is -0.809. The van der Waals surface area contributed by atoms with Gasteiger partial charge in [-0.15, -0.1) is 0 Å². The predicted octanol–water partition coefficient (Wildman–Crippen LogP) is 2.81. The van der Waals surface area contributed by atoms with Gasteiger partial charge in [0, 0.05) is 38.9 Å². The lowest BCUT2D eigenvalue weighted by Crippen LogP contribution is -2.57. The molecule has 0 amide bonds. The van der Waals surface area contributed by atoms with Crippen molar-refractivity contribution in [2.24, 2.45) is 9.98 Å². The van der Waals surface area contributed by atoms with Gasteiger partial charge in [0.2, 0.25) is 5.96 Å². The van der Waals surface area contributed by atoms with Gasteiger partial charge >= 0.3 is 14.2 Å². The van der Waals surface area contributed by atoms with Crippen LogP contribution in [0.4, 0.5) is 0 Å². The van der Waals surface area contributed by atoms with Gasteiger partial charge in [-0.2, -0.15) is 0 Å². The van der Waals surface area contributed by atoms with Gasteiger partial charge in [-0.3, -0.25) is 9.89 Å². The molecule has 0 bridgehead atoms. The van der Waals surface area contributed by atoms with Gasteiger partial charge in [0.1, 0.15) is 0 Å². The molecule has 3 fully saturated rings. The number of piperazine rings is 1. The Kier molecular flexibility index (Phi) is 7.28. The maximum atomic E-state index is 6.56. The molecule has 1 atom stereocenters. The van der Waals surface area contributed by atoms with E-state index in [1.54, 1.807) is 0 Å². The first-order valence-corrected chi connectivity index (χ1v) is 13.6. The number of hydrogen-bond donors (Lipinski definition) is 0. The fourth-order valence-corrected chi connectivity index (χ4v) is 5.10. The van der Waals surface area contributed by atoms with Gasteiger partial charge in [-0.05, 0) is 76.3 Å². The van der Waals surface area contributed by atoms with E-state index in [4.69, 9.17) is 28.6 Å². The van der Waals surface area contributed by atoms with Crippen molar-refractivity contribution in [3.63, 3.8) is 0 Å². The van der Waals surface area contributed by atoms with Gasteiger partial charge in [0.15, 0.2) is 0 Å². The fraction of sp³-hybridized carbons (Fsp3) is 0.920. The van der Waals surface area contributed by atoms with Crippen LogP contribution < -0.4 is 0 Å². The van der Waals surface area contributed by atoms with Crippen molar-refractivity contribution in [1.82, 2.24) is 14.7 Å². The molecule has 4 rings (SSSR count). The average Bonchev–Trinajstić information content (AvgIpc) is 3.15. The number of aliphatic imine (C=N–C) groups is 2. The minimum absolute atomic E-state index is 0.209. The first kappa shape index (κ1) is 28.0. The third-order valence-electron chi connectivity index (χ3n) is 9.41. The van der Waals surface area contributed by atoms with Crippen molar-refractivity contribution in [1.29, 1.82) is 0 Å². The van der Waals surface area contributed by atoms with E-state index in [2.05, 4.69) is 91.0 Å². The standard InChI is InChI=1S/C25H47B2N5O4/c1-12-32(19(2)31-15-13-30(11)14-16-31)20-28-17-25(18-29-20,26-33-21(3,4)22(5,6)34-26)27-35-23(7,8)24(9,10)36-27/h17,19H,12-16,18H2,1-11H3. The molecule has 3 saturated heterocycles. The van der Waals surface area contributed by atoms with Crippen LogP contribution in [0.15, 0.2) is 9.98 Å². The summed E-state index contributed by atoms with van der Waals surface area (Å²) >= 11 is 0. The zero-order valence-electron chi connectivity index (χ0n) is 24.4. The molecule has 11 heteroatoms. The molecule has 9 nitrogen and oxygen atoms in total. The summed E-state index contributed by atoms with van der Waals surface area (Å²) in [4.78, 5) is 17.2. The number of hydrogen-bond acceptors (Lipinski definition) is 9. The number of rotatable bonds is 5. The van der Waals surface area contributed by atoms with E-state index in [1.165, 1.54) is 0 Å². The van der Waals surface area contributed by atoms with Gasteiger partial charge in [0.25, 0.3) is 0 Å². The summed E-state index contributed by atoms with van der Waals surface area (Å²) in [6, 6.07) is 0. The molecule has 0 radical (unpaired) electrons. The fourth-order valence-electron chi connectivity index (χ4n) is 5.10. The van der Waals surface area contributed by atoms with Crippen LogP contribution in [0.3, 0.4) is 0 Å². The van der Waals surface area contributed by atoms with Crippen LogP contribution >= 0.6 is 0 Å². The van der Waals surface area contributed by atoms with E-state index in [9.17, 15) is 0 Å². The molecular weight excluding hydrogens is 456 g/mol. The second kappa shape index (κ2) is 9.35. The molecule has 0 N–H and O–H groups in total. The third kappa shape index (κ3) is 4.69. The SMILES string of the molecule is CCN(C1=NCC(B2OC(C)(C)C(C)(C)O2)(B2OC(C)(C)C(C)(C)O2)C=N1)C(C)N1CCN(C)CC1. The quantitative estimate of drug-likeness (QED) is 0.535. The van der Waals surface area contributed by atoms with E-state index in [1.807, 2.05) is 6.21 Å². The van der Waals surface area contributed by atoms with Crippen LogP contribution in [-0.4, -0.2) is 116 Å². The van der Waals surface area contributed by atoms with Gasteiger partial charge < -0.3 is 28.4 Å². The Morgan fingerprint density at radius 1 is 0.861 bits per heavy atom. The molecule has 0 aromatic heterocycles. The Hall–Kier alpha value is -0.970. The molecule has 4 heterocycles. The molecule has 0 aromatic rings. The predicted molar refractivity (Wildman–Crippen MR) is 147 cm³/mol. The summed E-state index contributed by atoms with van der Waals surface area (Å²) < 4.78 is 26.2. The van der Waals surface area contributed by atoms with E-state index in [0.29, 0.717) is 6.54 Å². The van der Waals surface area contributed by atoms with Crippen molar-refractivity contribution in [2.45, 2.75) is 103 Å². The summed E-state index contributed by atoms with van der Waals surface area (Å²) in [5.74, 6) is 0.743. The first-order valence-electron chi connectivity index (χ1n) is 13.6. The van der Waals surface area contributed by atoms with E-state index in [0.717, 1.165) is 38.7 Å². The Morgan fingerprint density at radius 2 is 1.31 bits per heavy atom. The Morgan fingerprint density at radius 3 is 1.67 bits per heavy atom. The second-order valence-electron chi connectivity index (χ2n) is 12.9. The molecule has 36 heavy (non-hydrogen) atoms. The van der Waals surface area contributed by atoms with Gasteiger partial charge in [0.05, 0.1) is 40.3 Å². The molecule has 1 unspecified atom stereocenters. The Balaban J connectivity index is 1.62. The van der Waals surface area contributed by atoms with Crippen molar-refractivity contribution in [3.8, 4) is 0 Å². The lowest BCUT2D eigenvalue weighted by atomic mass is 9.39. The molecule has 202 valence electrons. The van der Waals surface area contributed by atoms with Crippen LogP contribution in [0, 0.1) is 0 Å². The third-order valence-corrected chi connectivity index (χ3v) is 9.41. The highest BCUT2D eigenvalue weighted by Crippen LogP contribution is 2.51. The Bertz CT molecular complexity index is 818. The highest BCUT2D eigenvalue weighted by molar-refractivity contribution is 6.77. The smallest absolute Gasteiger partial charge is 0.403 e. The van der Waals surface area contributed by atoms with E-state index < -0.39 is 41.9 Å². The summed E-state index contributed by atoms with van der Waals surface area (Å²) in [6.45, 7) is 26.4. The van der Waals surface area contributed by atoms with Crippen LogP contribution in [0.2, 0.25) is 5.21 Å². The lowest BCUT2D eigenvalue weighted by Gasteiger charge is -2.42. The number of likely N-dealkylation sites (N-methyl/N-ethyl adjacent to an activating group) is 1. The molecular formula is C25H47B2N5O4. The lowest BCUT2D eigenvalue weighted by molar-refractivity contribution is 0.00578. The number of guanidine groups is 1. The van der Waals surface area contributed by atoms with Crippen LogP contribution in [-0.2, 0) is 18.6 Å². The van der Waals surface area contributed by atoms with E-state index in [-0.39, 0.29) is 6.17 Å². The highest BCUT2D eigenvalue weighted by atomic mass is 16.7. The van der Waals surface area contributed by atoms with Crippen molar-refractivity contribution in [2.75, 3.05) is 46.3 Å². The van der Waals surface area contributed by atoms with Crippen molar-refractivity contribution >= 4 is 26.4 Å². The molecule has 0 spiro atoms. The molecule has 4 aliphatic heterocycles. The monoisotopic (exact) mass is 503 g/mol. The van der Waals surface area contributed by atoms with Crippen molar-refractivity contribution in [3.05, 3.63) is 0 Å². The second-order valence-corrected chi connectivity index (χ2v) is 12.9.